The van der Waals surface area contributed by atoms with Crippen LogP contribution >= 0.6 is 15.9 Å². The fourth-order valence-electron chi connectivity index (χ4n) is 3.13. The van der Waals surface area contributed by atoms with Gasteiger partial charge in [0, 0.05) is 27.8 Å². The van der Waals surface area contributed by atoms with Crippen LogP contribution in [0.5, 0.6) is 5.75 Å². The van der Waals surface area contributed by atoms with E-state index in [9.17, 15) is 26.4 Å². The van der Waals surface area contributed by atoms with Crippen LogP contribution in [0.2, 0.25) is 0 Å². The summed E-state index contributed by atoms with van der Waals surface area (Å²) < 4.78 is 76.5. The van der Waals surface area contributed by atoms with Gasteiger partial charge in [-0.3, -0.25) is 4.98 Å². The molecule has 3 rings (SSSR count). The molecule has 8 nitrogen and oxygen atoms in total. The monoisotopic (exact) mass is 575 g/mol. The Labute approximate surface area is 208 Å². The van der Waals surface area contributed by atoms with Crippen molar-refractivity contribution in [3.05, 3.63) is 52.6 Å². The molecular weight excluding hydrogens is 555 g/mol. The van der Waals surface area contributed by atoms with Crippen LogP contribution in [0.3, 0.4) is 0 Å². The molecule has 0 aliphatic heterocycles. The van der Waals surface area contributed by atoms with Gasteiger partial charge >= 0.3 is 12.1 Å². The minimum atomic E-state index is -4.76. The lowest BCUT2D eigenvalue weighted by molar-refractivity contribution is -0.121. The van der Waals surface area contributed by atoms with Gasteiger partial charge in [-0.25, -0.2) is 17.9 Å². The average molecular weight is 576 g/mol. The van der Waals surface area contributed by atoms with Crippen LogP contribution < -0.4 is 14.8 Å². The molecular formula is C22H21BrF3N3O5S. The Morgan fingerprint density at radius 1 is 1.17 bits per heavy atom. The van der Waals surface area contributed by atoms with Gasteiger partial charge in [0.05, 0.1) is 30.0 Å². The van der Waals surface area contributed by atoms with Gasteiger partial charge in [-0.2, -0.15) is 13.2 Å². The van der Waals surface area contributed by atoms with Crippen LogP contribution in [-0.2, 0) is 14.8 Å². The van der Waals surface area contributed by atoms with Crippen LogP contribution in [0.15, 0.2) is 52.0 Å². The highest BCUT2D eigenvalue weighted by molar-refractivity contribution is 9.10. The number of ether oxygens (including phenoxy) is 2. The summed E-state index contributed by atoms with van der Waals surface area (Å²) in [5, 5.41) is 3.25. The minimum absolute atomic E-state index is 0.0327. The van der Waals surface area contributed by atoms with Gasteiger partial charge in [0.1, 0.15) is 17.2 Å². The number of pyridine rings is 1. The van der Waals surface area contributed by atoms with Gasteiger partial charge in [-0.1, -0.05) is 15.9 Å². The number of hydrogen-bond donors (Lipinski definition) is 2. The second-order valence-corrected chi connectivity index (χ2v) is 10.3. The largest absolute Gasteiger partial charge is 0.491 e. The molecule has 35 heavy (non-hydrogen) atoms. The minimum Gasteiger partial charge on any atom is -0.491 e. The van der Waals surface area contributed by atoms with Gasteiger partial charge in [0.25, 0.3) is 0 Å². The number of methoxy groups -OCH3 is 1. The number of nitrogens with one attached hydrogen (secondary N) is 2. The van der Waals surface area contributed by atoms with E-state index in [1.165, 1.54) is 25.3 Å². The zero-order valence-electron chi connectivity index (χ0n) is 18.7. The molecule has 0 aliphatic carbocycles. The summed E-state index contributed by atoms with van der Waals surface area (Å²) in [6.45, 7) is 1.81. The Bertz CT molecular complexity index is 1360. The molecule has 0 radical (unpaired) electrons. The highest BCUT2D eigenvalue weighted by atomic mass is 79.9. The van der Waals surface area contributed by atoms with Crippen molar-refractivity contribution in [1.29, 1.82) is 0 Å². The molecule has 1 aromatic heterocycles. The lowest BCUT2D eigenvalue weighted by atomic mass is 10.1. The van der Waals surface area contributed by atoms with Crippen LogP contribution in [0.1, 0.15) is 24.2 Å². The molecule has 0 atom stereocenters. The van der Waals surface area contributed by atoms with E-state index in [4.69, 9.17) is 9.47 Å². The third kappa shape index (κ3) is 6.83. The number of nitrogens with zero attached hydrogens (tertiary/aromatic N) is 1. The van der Waals surface area contributed by atoms with Gasteiger partial charge in [0.2, 0.25) is 10.0 Å². The predicted molar refractivity (Wildman–Crippen MR) is 128 cm³/mol. The molecule has 0 bridgehead atoms. The summed E-state index contributed by atoms with van der Waals surface area (Å²) in [4.78, 5) is 15.8. The summed E-state index contributed by atoms with van der Waals surface area (Å²) in [5.41, 5.74) is 0.703. The molecule has 0 saturated carbocycles. The lowest BCUT2D eigenvalue weighted by Crippen LogP contribution is -2.34. The van der Waals surface area contributed by atoms with Crippen molar-refractivity contribution in [2.24, 2.45) is 0 Å². The number of aromatic nitrogens is 1. The zero-order valence-corrected chi connectivity index (χ0v) is 21.1. The van der Waals surface area contributed by atoms with Crippen molar-refractivity contribution in [3.8, 4) is 5.75 Å². The number of rotatable bonds is 8. The van der Waals surface area contributed by atoms with Crippen LogP contribution in [0, 0.1) is 0 Å². The highest BCUT2D eigenvalue weighted by Crippen LogP contribution is 2.35. The number of anilines is 2. The van der Waals surface area contributed by atoms with Crippen molar-refractivity contribution in [3.63, 3.8) is 0 Å². The number of carbonyl (C=O) groups excluding carboxylic acids is 1. The molecule has 13 heteroatoms. The first-order valence-corrected chi connectivity index (χ1v) is 12.4. The molecule has 3 aromatic rings. The van der Waals surface area contributed by atoms with E-state index in [-0.39, 0.29) is 23.0 Å². The fraction of sp³-hybridized carbons (Fsp3) is 0.273. The van der Waals surface area contributed by atoms with Crippen molar-refractivity contribution in [2.75, 3.05) is 19.0 Å². The molecule has 0 spiro atoms. The van der Waals surface area contributed by atoms with Crippen LogP contribution in [0.25, 0.3) is 10.9 Å². The Morgan fingerprint density at radius 3 is 2.51 bits per heavy atom. The van der Waals surface area contributed by atoms with Crippen LogP contribution in [-0.4, -0.2) is 45.3 Å². The Hall–Kier alpha value is -2.90. The number of sulfonamides is 1. The standard InChI is InChI=1S/C22H21BrF3N3O5S/c1-12(2)34-16-7-13(21(30)33-3)6-15(9-16)29-20-17-5-4-14(23)8-18(17)27-10-19(20)35(31,32)28-11-22(24,25)26/h4-10,12,28H,11H2,1-3H3,(H,27,29). The summed E-state index contributed by atoms with van der Waals surface area (Å²) in [6.07, 6.45) is -4.03. The van der Waals surface area contributed by atoms with Gasteiger partial charge in [-0.15, -0.1) is 0 Å². The normalized spacial score (nSPS) is 12.1. The molecule has 188 valence electrons. The Balaban J connectivity index is 2.18. The zero-order chi connectivity index (χ0) is 26.0. The topological polar surface area (TPSA) is 107 Å². The smallest absolute Gasteiger partial charge is 0.402 e. The molecule has 2 N–H and O–H groups in total. The van der Waals surface area contributed by atoms with Crippen molar-refractivity contribution >= 4 is 54.2 Å². The second kappa shape index (κ2) is 10.4. The maximum Gasteiger partial charge on any atom is 0.402 e. The van der Waals surface area contributed by atoms with E-state index in [2.05, 4.69) is 26.2 Å². The molecule has 0 amide bonds. The number of halogens is 4. The first-order chi connectivity index (χ1) is 16.3. The number of benzene rings is 2. The second-order valence-electron chi connectivity index (χ2n) is 7.63. The summed E-state index contributed by atoms with van der Waals surface area (Å²) in [7, 11) is -3.43. The van der Waals surface area contributed by atoms with E-state index >= 15 is 0 Å². The number of esters is 1. The van der Waals surface area contributed by atoms with Crippen molar-refractivity contribution < 1.29 is 35.9 Å². The fourth-order valence-corrected chi connectivity index (χ4v) is 4.61. The van der Waals surface area contributed by atoms with E-state index < -0.39 is 33.6 Å². The molecule has 1 heterocycles. The maximum absolute atomic E-state index is 12.8. The number of carbonyl (C=O) groups is 1. The SMILES string of the molecule is COC(=O)c1cc(Nc2c(S(=O)(=O)NCC(F)(F)F)cnc3cc(Br)ccc23)cc(OC(C)C)c1. The third-order valence-corrected chi connectivity index (χ3v) is 6.42. The van der Waals surface area contributed by atoms with E-state index in [0.29, 0.717) is 21.1 Å². The maximum atomic E-state index is 12.8. The number of hydrogen-bond acceptors (Lipinski definition) is 7. The summed E-state index contributed by atoms with van der Waals surface area (Å²) in [5.74, 6) is -0.364. The number of fused-ring (bicyclic) bond motifs is 1. The van der Waals surface area contributed by atoms with Crippen molar-refractivity contribution in [2.45, 2.75) is 31.0 Å². The van der Waals surface area contributed by atoms with Crippen LogP contribution in [0.4, 0.5) is 24.5 Å². The van der Waals surface area contributed by atoms with E-state index in [1.54, 1.807) is 36.8 Å². The first kappa shape index (κ1) is 26.7. The molecule has 0 aliphatic rings. The average Bonchev–Trinajstić information content (AvgIpc) is 2.76. The quantitative estimate of drug-likeness (QED) is 0.357. The lowest BCUT2D eigenvalue weighted by Gasteiger charge is -2.18. The third-order valence-electron chi connectivity index (χ3n) is 4.52. The Morgan fingerprint density at radius 2 is 1.89 bits per heavy atom. The summed E-state index contributed by atoms with van der Waals surface area (Å²) >= 11 is 3.31. The van der Waals surface area contributed by atoms with Gasteiger partial charge in [-0.05, 0) is 44.2 Å². The van der Waals surface area contributed by atoms with E-state index in [1.807, 2.05) is 0 Å². The first-order valence-electron chi connectivity index (χ1n) is 10.1. The molecule has 0 saturated heterocycles. The predicted octanol–water partition coefficient (Wildman–Crippen LogP) is 5.16. The molecule has 0 fully saturated rings. The Kier molecular flexibility index (Phi) is 7.92. The molecule has 0 unspecified atom stereocenters. The van der Waals surface area contributed by atoms with E-state index in [0.717, 1.165) is 6.20 Å². The van der Waals surface area contributed by atoms with Gasteiger partial charge < -0.3 is 14.8 Å². The van der Waals surface area contributed by atoms with Gasteiger partial charge in [0.15, 0.2) is 0 Å². The highest BCUT2D eigenvalue weighted by Gasteiger charge is 2.31. The molecule has 2 aromatic carbocycles. The van der Waals surface area contributed by atoms with Crippen molar-refractivity contribution in [1.82, 2.24) is 9.71 Å². The number of alkyl halides is 3. The summed E-state index contributed by atoms with van der Waals surface area (Å²) in [6, 6.07) is 9.21.